The molecule has 348 valence electrons. The van der Waals surface area contributed by atoms with Crippen LogP contribution in [0.1, 0.15) is 72.3 Å². The first-order valence-electron chi connectivity index (χ1n) is 24.3. The maximum atomic E-state index is 5.80. The van der Waals surface area contributed by atoms with Crippen LogP contribution in [0.4, 0.5) is 0 Å². The molecule has 0 radical (unpaired) electrons. The van der Waals surface area contributed by atoms with E-state index in [2.05, 4.69) is 217 Å². The van der Waals surface area contributed by atoms with E-state index < -0.39 is 0 Å². The number of aromatic nitrogens is 2. The lowest BCUT2D eigenvalue weighted by atomic mass is 9.83. The number of thiophene rings is 3. The highest BCUT2D eigenvalue weighted by Crippen LogP contribution is 2.49. The molecule has 6 aromatic carbocycles. The molecule has 0 saturated carbocycles. The highest BCUT2D eigenvalue weighted by atomic mass is 32.1. The second-order valence-electron chi connectivity index (χ2n) is 19.2. The predicted molar refractivity (Wildman–Crippen MR) is 306 cm³/mol. The van der Waals surface area contributed by atoms with Crippen molar-refractivity contribution >= 4 is 34.0 Å². The van der Waals surface area contributed by atoms with E-state index in [-0.39, 0.29) is 0 Å². The fourth-order valence-corrected chi connectivity index (χ4v) is 14.4. The summed E-state index contributed by atoms with van der Waals surface area (Å²) in [6.07, 6.45) is 0. The Morgan fingerprint density at radius 3 is 0.729 bits per heavy atom. The Bertz CT molecular complexity index is 3400. The van der Waals surface area contributed by atoms with Crippen LogP contribution < -0.4 is 0 Å². The first-order chi connectivity index (χ1) is 33.7. The highest BCUT2D eigenvalue weighted by Gasteiger charge is 2.28. The number of hydrogen-bond acceptors (Lipinski definition) is 5. The Hall–Kier alpha value is -6.50. The van der Waals surface area contributed by atoms with E-state index in [9.17, 15) is 0 Å². The summed E-state index contributed by atoms with van der Waals surface area (Å²) >= 11 is 5.62. The lowest BCUT2D eigenvalue weighted by molar-refractivity contribution is 1.10. The molecule has 70 heavy (non-hydrogen) atoms. The zero-order valence-corrected chi connectivity index (χ0v) is 45.2. The molecule has 10 rings (SSSR count). The molecule has 0 aliphatic heterocycles. The third-order valence-electron chi connectivity index (χ3n) is 15.5. The molecule has 0 aliphatic carbocycles. The Morgan fingerprint density at radius 2 is 0.457 bits per heavy atom. The van der Waals surface area contributed by atoms with Gasteiger partial charge in [0.1, 0.15) is 0 Å². The van der Waals surface area contributed by atoms with Crippen molar-refractivity contribution in [3.63, 3.8) is 0 Å². The summed E-state index contributed by atoms with van der Waals surface area (Å²) in [5.74, 6) is 0.785. The average molecular weight is 965 g/mol. The number of rotatable bonds is 9. The van der Waals surface area contributed by atoms with Gasteiger partial charge in [-0.1, -0.05) is 91.0 Å². The zero-order valence-electron chi connectivity index (χ0n) is 42.7. The van der Waals surface area contributed by atoms with Crippen LogP contribution in [-0.4, -0.2) is 9.97 Å². The van der Waals surface area contributed by atoms with Crippen LogP contribution in [-0.2, 0) is 0 Å². The van der Waals surface area contributed by atoms with Gasteiger partial charge < -0.3 is 0 Å². The summed E-state index contributed by atoms with van der Waals surface area (Å²) in [7, 11) is 0. The molecular formula is C65H60N2S3. The lowest BCUT2D eigenvalue weighted by Crippen LogP contribution is -2.09. The molecule has 0 N–H and O–H groups in total. The third-order valence-corrected chi connectivity index (χ3v) is 18.9. The number of benzene rings is 6. The summed E-state index contributed by atoms with van der Waals surface area (Å²) in [5.41, 5.74) is 29.6. The van der Waals surface area contributed by atoms with E-state index >= 15 is 0 Å². The summed E-state index contributed by atoms with van der Waals surface area (Å²) in [5, 5.41) is 0. The van der Waals surface area contributed by atoms with Crippen molar-refractivity contribution in [2.24, 2.45) is 0 Å². The fraction of sp³-hybridized carbons (Fsp3) is 0.200. The highest BCUT2D eigenvalue weighted by molar-refractivity contribution is 7.19. The third kappa shape index (κ3) is 7.93. The van der Waals surface area contributed by atoms with Crippen molar-refractivity contribution in [2.75, 3.05) is 0 Å². The van der Waals surface area contributed by atoms with Crippen LogP contribution in [0.5, 0.6) is 0 Å². The SMILES string of the molecule is Cc1c(-c2c(C)c(C)c(-c3ccc(-c4ccccc4)s3)c(C)c2C)nc(-c2c(C)c(C)c(-c3ccc(-c4ccccc4)s3)c(C)c2C)nc1-c1c(C)c(C)c(-c2ccc(-c3ccccc3)s2)c(C)c1C. The lowest BCUT2D eigenvalue weighted by Gasteiger charge is -2.25. The van der Waals surface area contributed by atoms with Gasteiger partial charge in [0.15, 0.2) is 5.82 Å². The zero-order chi connectivity index (χ0) is 49.3. The minimum Gasteiger partial charge on any atom is -0.228 e. The summed E-state index contributed by atoms with van der Waals surface area (Å²) < 4.78 is 0. The molecule has 0 spiro atoms. The van der Waals surface area contributed by atoms with Crippen molar-refractivity contribution in [1.29, 1.82) is 0 Å². The molecule has 5 heteroatoms. The maximum absolute atomic E-state index is 5.80. The standard InChI is InChI=1S/C65H60N2S3/c1-35-41(7)60(42(8)36(2)57(35)54-32-29-51(68-54)48-23-17-14-18-24-48)63-47(13)64(61-43(9)37(3)58(38(4)44(61)10)55-33-30-52(69-55)49-25-19-15-20-26-49)67-65(66-63)62-45(11)39(5)59(40(6)46(62)12)56-34-31-53(70-56)50-27-21-16-22-28-50/h14-34H,1-13H3. The van der Waals surface area contributed by atoms with Gasteiger partial charge in [0.25, 0.3) is 0 Å². The molecule has 2 nitrogen and oxygen atoms in total. The fourth-order valence-electron chi connectivity index (χ4n) is 10.9. The molecule has 0 amide bonds. The summed E-state index contributed by atoms with van der Waals surface area (Å²) in [6.45, 7) is 29.9. The van der Waals surface area contributed by atoms with Crippen LogP contribution in [0.25, 0.3) is 96.5 Å². The van der Waals surface area contributed by atoms with E-state index in [0.717, 1.165) is 28.3 Å². The van der Waals surface area contributed by atoms with Gasteiger partial charge in [-0.3, -0.25) is 0 Å². The molecule has 4 heterocycles. The topological polar surface area (TPSA) is 25.8 Å². The van der Waals surface area contributed by atoms with E-state index in [1.165, 1.54) is 141 Å². The summed E-state index contributed by atoms with van der Waals surface area (Å²) in [6, 6.07) is 46.0. The maximum Gasteiger partial charge on any atom is 0.160 e. The molecule has 0 fully saturated rings. The Morgan fingerprint density at radius 1 is 0.229 bits per heavy atom. The molecule has 0 unspecified atom stereocenters. The van der Waals surface area contributed by atoms with E-state index in [1.54, 1.807) is 0 Å². The van der Waals surface area contributed by atoms with E-state index in [0.29, 0.717) is 0 Å². The van der Waals surface area contributed by atoms with Crippen LogP contribution >= 0.6 is 34.0 Å². The van der Waals surface area contributed by atoms with Gasteiger partial charge in [-0.15, -0.1) is 34.0 Å². The number of nitrogens with zero attached hydrogens (tertiary/aromatic N) is 2. The summed E-state index contributed by atoms with van der Waals surface area (Å²) in [4.78, 5) is 19.3. The smallest absolute Gasteiger partial charge is 0.160 e. The number of hydrogen-bond donors (Lipinski definition) is 0. The van der Waals surface area contributed by atoms with Gasteiger partial charge >= 0.3 is 0 Å². The van der Waals surface area contributed by atoms with Crippen molar-refractivity contribution in [2.45, 2.75) is 90.0 Å². The minimum atomic E-state index is 0.785. The second-order valence-corrected chi connectivity index (χ2v) is 22.5. The van der Waals surface area contributed by atoms with E-state index in [4.69, 9.17) is 9.97 Å². The van der Waals surface area contributed by atoms with Gasteiger partial charge in [0.05, 0.1) is 11.4 Å². The van der Waals surface area contributed by atoms with Gasteiger partial charge in [-0.25, -0.2) is 9.97 Å². The largest absolute Gasteiger partial charge is 0.228 e. The Kier molecular flexibility index (Phi) is 12.6. The molecule has 10 aromatic rings. The van der Waals surface area contributed by atoms with Crippen LogP contribution in [0.2, 0.25) is 0 Å². The van der Waals surface area contributed by atoms with Gasteiger partial charge in [0.2, 0.25) is 0 Å². The monoisotopic (exact) mass is 964 g/mol. The molecule has 0 atom stereocenters. The van der Waals surface area contributed by atoms with Crippen LogP contribution in [0.3, 0.4) is 0 Å². The second kappa shape index (κ2) is 18.7. The van der Waals surface area contributed by atoms with Crippen molar-refractivity contribution in [1.82, 2.24) is 9.97 Å². The van der Waals surface area contributed by atoms with Crippen molar-refractivity contribution < 1.29 is 0 Å². The first kappa shape index (κ1) is 47.2. The normalized spacial score (nSPS) is 11.5. The van der Waals surface area contributed by atoms with Crippen molar-refractivity contribution in [3.8, 4) is 96.5 Å². The van der Waals surface area contributed by atoms with Gasteiger partial charge in [0, 0.05) is 51.5 Å². The van der Waals surface area contributed by atoms with Crippen molar-refractivity contribution in [3.05, 3.63) is 200 Å². The quantitative estimate of drug-likeness (QED) is 0.144. The molecule has 0 saturated heterocycles. The van der Waals surface area contributed by atoms with Gasteiger partial charge in [-0.2, -0.15) is 0 Å². The Balaban J connectivity index is 1.19. The average Bonchev–Trinajstić information content (AvgIpc) is 4.18. The first-order valence-corrected chi connectivity index (χ1v) is 26.8. The molecule has 0 bridgehead atoms. The molecular weight excluding hydrogens is 905 g/mol. The molecule has 0 aliphatic rings. The van der Waals surface area contributed by atoms with Gasteiger partial charge in [-0.05, 0) is 227 Å². The van der Waals surface area contributed by atoms with Crippen LogP contribution in [0, 0.1) is 90.0 Å². The minimum absolute atomic E-state index is 0.785. The molecule has 4 aromatic heterocycles. The van der Waals surface area contributed by atoms with Crippen LogP contribution in [0.15, 0.2) is 127 Å². The predicted octanol–water partition coefficient (Wildman–Crippen LogP) is 19.7. The Labute approximate surface area is 427 Å². The van der Waals surface area contributed by atoms with E-state index in [1.807, 2.05) is 34.0 Å².